The molecule has 1 heterocycles. The second kappa shape index (κ2) is 11.1. The van der Waals surface area contributed by atoms with Crippen LogP contribution in [-0.2, 0) is 16.2 Å². The molecular weight excluding hydrogens is 538 g/mol. The van der Waals surface area contributed by atoms with Gasteiger partial charge in [-0.3, -0.25) is 14.9 Å². The summed E-state index contributed by atoms with van der Waals surface area (Å²) in [5.74, 6) is -0.721. The number of carbonyl (C=O) groups excluding carboxylic acids is 3. The number of carbonyl (C=O) groups is 3. The molecule has 0 aromatic heterocycles. The van der Waals surface area contributed by atoms with E-state index in [0.717, 1.165) is 10.5 Å². The van der Waals surface area contributed by atoms with Crippen LogP contribution < -0.4 is 19.7 Å². The Kier molecular flexibility index (Phi) is 7.70. The van der Waals surface area contributed by atoms with Gasteiger partial charge in [0.15, 0.2) is 11.5 Å². The number of imide groups is 2. The molecule has 3 aromatic carbocycles. The molecule has 37 heavy (non-hydrogen) atoms. The first-order chi connectivity index (χ1) is 17.8. The second-order valence-corrected chi connectivity index (χ2v) is 8.91. The molecule has 0 atom stereocenters. The van der Waals surface area contributed by atoms with Gasteiger partial charge in [0, 0.05) is 10.0 Å². The van der Waals surface area contributed by atoms with E-state index in [0.29, 0.717) is 45.0 Å². The van der Waals surface area contributed by atoms with Crippen molar-refractivity contribution in [1.29, 1.82) is 5.26 Å². The maximum absolute atomic E-state index is 13.3. The number of hydrogen-bond donors (Lipinski definition) is 1. The molecule has 1 saturated heterocycles. The molecule has 0 aliphatic carbocycles. The minimum atomic E-state index is -0.808. The normalized spacial score (nSPS) is 14.4. The Hall–Kier alpha value is -4.42. The predicted molar refractivity (Wildman–Crippen MR) is 141 cm³/mol. The van der Waals surface area contributed by atoms with Gasteiger partial charge in [-0.15, -0.1) is 0 Å². The molecule has 8 nitrogen and oxygen atoms in total. The first-order valence-electron chi connectivity index (χ1n) is 11.4. The third-order valence-corrected chi connectivity index (χ3v) is 6.33. The Morgan fingerprint density at radius 3 is 2.46 bits per heavy atom. The molecule has 0 radical (unpaired) electrons. The van der Waals surface area contributed by atoms with E-state index in [9.17, 15) is 19.6 Å². The Morgan fingerprint density at radius 1 is 1.03 bits per heavy atom. The van der Waals surface area contributed by atoms with Gasteiger partial charge in [-0.1, -0.05) is 52.3 Å². The summed E-state index contributed by atoms with van der Waals surface area (Å²) in [6.45, 7) is 4.08. The lowest BCUT2D eigenvalue weighted by Crippen LogP contribution is -2.54. The number of ether oxygens (including phenoxy) is 2. The number of urea groups is 1. The monoisotopic (exact) mass is 559 g/mol. The highest BCUT2D eigenvalue weighted by Gasteiger charge is 2.37. The van der Waals surface area contributed by atoms with Crippen LogP contribution in [0.15, 0.2) is 70.7 Å². The lowest BCUT2D eigenvalue weighted by atomic mass is 10.1. The van der Waals surface area contributed by atoms with Crippen molar-refractivity contribution in [2.45, 2.75) is 20.5 Å². The number of amides is 4. The van der Waals surface area contributed by atoms with Crippen LogP contribution in [0.1, 0.15) is 29.2 Å². The number of nitrogens with zero attached hydrogens (tertiary/aromatic N) is 2. The zero-order valence-corrected chi connectivity index (χ0v) is 21.7. The van der Waals surface area contributed by atoms with E-state index in [2.05, 4.69) is 27.3 Å². The maximum atomic E-state index is 13.3. The third-order valence-electron chi connectivity index (χ3n) is 5.64. The Balaban J connectivity index is 1.68. The molecule has 1 N–H and O–H groups in total. The van der Waals surface area contributed by atoms with E-state index >= 15 is 0 Å². The van der Waals surface area contributed by atoms with Gasteiger partial charge < -0.3 is 9.47 Å². The SMILES string of the molecule is CCOc1cc(/C=C2\C(=O)NC(=O)N(c3ccccc3C)C2=O)c(Br)cc1OCc1ccccc1C#N. The highest BCUT2D eigenvalue weighted by molar-refractivity contribution is 9.10. The summed E-state index contributed by atoms with van der Waals surface area (Å²) in [6.07, 6.45) is 1.40. The highest BCUT2D eigenvalue weighted by Crippen LogP contribution is 2.36. The predicted octanol–water partition coefficient (Wildman–Crippen LogP) is 5.27. The van der Waals surface area contributed by atoms with Gasteiger partial charge in [0.1, 0.15) is 12.2 Å². The molecule has 3 aromatic rings. The average Bonchev–Trinajstić information content (AvgIpc) is 2.88. The van der Waals surface area contributed by atoms with E-state index in [4.69, 9.17) is 9.47 Å². The van der Waals surface area contributed by atoms with Crippen LogP contribution in [0, 0.1) is 18.3 Å². The van der Waals surface area contributed by atoms with Crippen molar-refractivity contribution in [2.24, 2.45) is 0 Å². The van der Waals surface area contributed by atoms with Crippen LogP contribution in [0.25, 0.3) is 6.08 Å². The molecule has 0 unspecified atom stereocenters. The van der Waals surface area contributed by atoms with Crippen LogP contribution in [0.2, 0.25) is 0 Å². The van der Waals surface area contributed by atoms with E-state index < -0.39 is 17.8 Å². The summed E-state index contributed by atoms with van der Waals surface area (Å²) in [7, 11) is 0. The zero-order valence-electron chi connectivity index (χ0n) is 20.1. The van der Waals surface area contributed by atoms with Crippen molar-refractivity contribution in [3.63, 3.8) is 0 Å². The van der Waals surface area contributed by atoms with Gasteiger partial charge in [-0.2, -0.15) is 5.26 Å². The summed E-state index contributed by atoms with van der Waals surface area (Å²) >= 11 is 3.48. The number of aryl methyl sites for hydroxylation is 1. The average molecular weight is 560 g/mol. The zero-order chi connectivity index (χ0) is 26.5. The van der Waals surface area contributed by atoms with E-state index in [1.165, 1.54) is 6.08 Å². The lowest BCUT2D eigenvalue weighted by Gasteiger charge is -2.27. The smallest absolute Gasteiger partial charge is 0.335 e. The van der Waals surface area contributed by atoms with Crippen LogP contribution in [0.4, 0.5) is 10.5 Å². The molecule has 1 fully saturated rings. The number of rotatable bonds is 7. The molecule has 1 aliphatic rings. The number of nitrogens with one attached hydrogen (secondary N) is 1. The van der Waals surface area contributed by atoms with Crippen LogP contribution in [-0.4, -0.2) is 24.5 Å². The minimum Gasteiger partial charge on any atom is -0.490 e. The number of barbiturate groups is 1. The fourth-order valence-electron chi connectivity index (χ4n) is 3.80. The van der Waals surface area contributed by atoms with E-state index in [1.807, 2.05) is 19.1 Å². The summed E-state index contributed by atoms with van der Waals surface area (Å²) in [4.78, 5) is 39.4. The number of anilines is 1. The number of para-hydroxylation sites is 1. The van der Waals surface area contributed by atoms with E-state index in [1.54, 1.807) is 55.5 Å². The topological polar surface area (TPSA) is 109 Å². The molecule has 4 rings (SSSR count). The standard InChI is InChI=1S/C28H22BrN3O5/c1-3-36-24-13-20(22(29)14-25(24)37-16-19-10-6-5-9-18(19)15-30)12-21-26(33)31-28(35)32(27(21)34)23-11-7-4-8-17(23)2/h4-14H,3,16H2,1-2H3,(H,31,33,35)/b21-12+. The van der Waals surface area contributed by atoms with E-state index in [-0.39, 0.29) is 12.2 Å². The van der Waals surface area contributed by atoms with Gasteiger partial charge in [0.05, 0.1) is 23.9 Å². The second-order valence-electron chi connectivity index (χ2n) is 8.06. The molecule has 0 spiro atoms. The quantitative estimate of drug-likeness (QED) is 0.312. The summed E-state index contributed by atoms with van der Waals surface area (Å²) in [6, 6.07) is 18.7. The minimum absolute atomic E-state index is 0.144. The Morgan fingerprint density at radius 2 is 1.73 bits per heavy atom. The molecule has 186 valence electrons. The van der Waals surface area contributed by atoms with Crippen molar-refractivity contribution >= 4 is 45.5 Å². The van der Waals surface area contributed by atoms with Gasteiger partial charge in [-0.25, -0.2) is 9.69 Å². The number of benzene rings is 3. The molecule has 0 bridgehead atoms. The number of halogens is 1. The van der Waals surface area contributed by atoms with Crippen molar-refractivity contribution in [1.82, 2.24) is 5.32 Å². The van der Waals surface area contributed by atoms with Crippen LogP contribution in [0.5, 0.6) is 11.5 Å². The van der Waals surface area contributed by atoms with Crippen LogP contribution in [0.3, 0.4) is 0 Å². The fourth-order valence-corrected chi connectivity index (χ4v) is 4.24. The molecular formula is C28H22BrN3O5. The van der Waals surface area contributed by atoms with Gasteiger partial charge in [-0.05, 0) is 55.3 Å². The van der Waals surface area contributed by atoms with Gasteiger partial charge in [0.2, 0.25) is 0 Å². The summed E-state index contributed by atoms with van der Waals surface area (Å²) in [5.41, 5.74) is 2.60. The van der Waals surface area contributed by atoms with Gasteiger partial charge in [0.25, 0.3) is 11.8 Å². The van der Waals surface area contributed by atoms with Crippen molar-refractivity contribution in [3.8, 4) is 17.6 Å². The largest absolute Gasteiger partial charge is 0.490 e. The highest BCUT2D eigenvalue weighted by atomic mass is 79.9. The van der Waals surface area contributed by atoms with Crippen LogP contribution >= 0.6 is 15.9 Å². The Labute approximate surface area is 222 Å². The first kappa shape index (κ1) is 25.7. The summed E-state index contributed by atoms with van der Waals surface area (Å²) < 4.78 is 12.3. The lowest BCUT2D eigenvalue weighted by molar-refractivity contribution is -0.122. The number of hydrogen-bond acceptors (Lipinski definition) is 6. The third kappa shape index (κ3) is 5.39. The van der Waals surface area contributed by atoms with Crippen molar-refractivity contribution in [3.05, 3.63) is 93.0 Å². The summed E-state index contributed by atoms with van der Waals surface area (Å²) in [5, 5.41) is 11.6. The maximum Gasteiger partial charge on any atom is 0.335 e. The molecule has 1 aliphatic heterocycles. The molecule has 0 saturated carbocycles. The van der Waals surface area contributed by atoms with Crippen molar-refractivity contribution < 1.29 is 23.9 Å². The van der Waals surface area contributed by atoms with Crippen molar-refractivity contribution in [2.75, 3.05) is 11.5 Å². The molecule has 4 amide bonds. The van der Waals surface area contributed by atoms with Gasteiger partial charge >= 0.3 is 6.03 Å². The fraction of sp³-hybridized carbons (Fsp3) is 0.143. The Bertz CT molecular complexity index is 1470. The number of nitriles is 1. The first-order valence-corrected chi connectivity index (χ1v) is 12.2. The molecule has 9 heteroatoms.